The van der Waals surface area contributed by atoms with Crippen molar-refractivity contribution < 1.29 is 14.0 Å². The van der Waals surface area contributed by atoms with Crippen molar-refractivity contribution >= 4 is 57.8 Å². The second-order valence-corrected chi connectivity index (χ2v) is 7.63. The molecule has 0 spiro atoms. The summed E-state index contributed by atoms with van der Waals surface area (Å²) in [5.41, 5.74) is 0.769. The van der Waals surface area contributed by atoms with Gasteiger partial charge in [0.05, 0.1) is 9.93 Å². The van der Waals surface area contributed by atoms with Gasteiger partial charge in [-0.05, 0) is 24.3 Å². The Kier molecular flexibility index (Phi) is 6.15. The van der Waals surface area contributed by atoms with Gasteiger partial charge in [-0.3, -0.25) is 14.5 Å². The number of carbonyl (C=O) groups excluding carboxylic acids is 2. The van der Waals surface area contributed by atoms with Crippen LogP contribution in [0.4, 0.5) is 0 Å². The first-order valence-electron chi connectivity index (χ1n) is 7.97. The largest absolute Gasteiger partial charge is 0.457 e. The van der Waals surface area contributed by atoms with Crippen LogP contribution in [0.1, 0.15) is 5.76 Å². The van der Waals surface area contributed by atoms with Crippen molar-refractivity contribution in [1.82, 2.24) is 10.2 Å². The Balaban J connectivity index is 1.75. The summed E-state index contributed by atoms with van der Waals surface area (Å²) >= 11 is 12.5. The highest BCUT2D eigenvalue weighted by molar-refractivity contribution is 8.26. The summed E-state index contributed by atoms with van der Waals surface area (Å²) in [4.78, 5) is 26.0. The first-order chi connectivity index (χ1) is 13.0. The molecule has 1 aromatic carbocycles. The van der Waals surface area contributed by atoms with Crippen molar-refractivity contribution in [2.24, 2.45) is 0 Å². The zero-order valence-electron chi connectivity index (χ0n) is 14.1. The van der Waals surface area contributed by atoms with Crippen molar-refractivity contribution in [3.63, 3.8) is 0 Å². The van der Waals surface area contributed by atoms with E-state index in [0.29, 0.717) is 32.3 Å². The number of hydrogen-bond acceptors (Lipinski definition) is 5. The van der Waals surface area contributed by atoms with Crippen LogP contribution < -0.4 is 5.32 Å². The van der Waals surface area contributed by atoms with Gasteiger partial charge < -0.3 is 9.73 Å². The summed E-state index contributed by atoms with van der Waals surface area (Å²) < 4.78 is 6.12. The first-order valence-corrected chi connectivity index (χ1v) is 9.57. The number of rotatable bonds is 6. The average molecular weight is 419 g/mol. The monoisotopic (exact) mass is 418 g/mol. The second-order valence-electron chi connectivity index (χ2n) is 5.54. The lowest BCUT2D eigenvalue weighted by Gasteiger charge is -2.13. The smallest absolute Gasteiger partial charge is 0.266 e. The molecule has 3 rings (SSSR count). The lowest BCUT2D eigenvalue weighted by molar-refractivity contribution is -0.128. The summed E-state index contributed by atoms with van der Waals surface area (Å²) in [6, 6.07) is 10.9. The van der Waals surface area contributed by atoms with Gasteiger partial charge in [0, 0.05) is 18.2 Å². The van der Waals surface area contributed by atoms with Gasteiger partial charge in [-0.1, -0.05) is 53.8 Å². The number of halogens is 1. The number of thioether (sulfide) groups is 1. The molecule has 0 unspecified atom stereocenters. The molecule has 1 N–H and O–H groups in total. The SMILES string of the molecule is C=CCNC(=O)CN1C(=O)/C(=C/c2ccc(-c3ccccc3Cl)o2)SC1=S. The lowest BCUT2D eigenvalue weighted by Crippen LogP contribution is -2.39. The van der Waals surface area contributed by atoms with Crippen molar-refractivity contribution in [2.75, 3.05) is 13.1 Å². The molecule has 0 saturated carbocycles. The van der Waals surface area contributed by atoms with E-state index in [1.165, 1.54) is 4.90 Å². The summed E-state index contributed by atoms with van der Waals surface area (Å²) in [6.45, 7) is 3.74. The van der Waals surface area contributed by atoms with Crippen LogP contribution in [0.3, 0.4) is 0 Å². The topological polar surface area (TPSA) is 62.6 Å². The van der Waals surface area contributed by atoms with E-state index >= 15 is 0 Å². The van der Waals surface area contributed by atoms with Crippen LogP contribution in [0.15, 0.2) is 58.4 Å². The maximum Gasteiger partial charge on any atom is 0.266 e. The number of furan rings is 1. The Morgan fingerprint density at radius 1 is 1.33 bits per heavy atom. The van der Waals surface area contributed by atoms with Crippen molar-refractivity contribution in [3.05, 3.63) is 64.7 Å². The van der Waals surface area contributed by atoms with Gasteiger partial charge in [0.25, 0.3) is 5.91 Å². The molecule has 1 aromatic heterocycles. The quantitative estimate of drug-likeness (QED) is 0.434. The van der Waals surface area contributed by atoms with Gasteiger partial charge in [0.15, 0.2) is 0 Å². The van der Waals surface area contributed by atoms with E-state index in [9.17, 15) is 9.59 Å². The molecule has 0 radical (unpaired) electrons. The summed E-state index contributed by atoms with van der Waals surface area (Å²) in [5, 5.41) is 3.20. The van der Waals surface area contributed by atoms with Crippen LogP contribution in [-0.2, 0) is 9.59 Å². The zero-order chi connectivity index (χ0) is 19.4. The molecule has 0 atom stereocenters. The third-order valence-electron chi connectivity index (χ3n) is 3.66. The molecule has 2 heterocycles. The van der Waals surface area contributed by atoms with Crippen molar-refractivity contribution in [2.45, 2.75) is 0 Å². The molecule has 138 valence electrons. The maximum absolute atomic E-state index is 12.5. The van der Waals surface area contributed by atoms with Crippen LogP contribution in [0.2, 0.25) is 5.02 Å². The number of benzene rings is 1. The predicted octanol–water partition coefficient (Wildman–Crippen LogP) is 4.10. The van der Waals surface area contributed by atoms with Gasteiger partial charge in [-0.25, -0.2) is 0 Å². The highest BCUT2D eigenvalue weighted by Gasteiger charge is 2.33. The van der Waals surface area contributed by atoms with Crippen molar-refractivity contribution in [3.8, 4) is 11.3 Å². The predicted molar refractivity (Wildman–Crippen MR) is 112 cm³/mol. The Morgan fingerprint density at radius 3 is 2.85 bits per heavy atom. The highest BCUT2D eigenvalue weighted by atomic mass is 35.5. The Morgan fingerprint density at radius 2 is 2.11 bits per heavy atom. The molecule has 27 heavy (non-hydrogen) atoms. The summed E-state index contributed by atoms with van der Waals surface area (Å²) in [6.07, 6.45) is 3.18. The molecular formula is C19H15ClN2O3S2. The molecule has 2 aromatic rings. The maximum atomic E-state index is 12.5. The van der Waals surface area contributed by atoms with Crippen LogP contribution in [0, 0.1) is 0 Å². The van der Waals surface area contributed by atoms with E-state index in [0.717, 1.165) is 17.3 Å². The van der Waals surface area contributed by atoms with Gasteiger partial charge in [0.2, 0.25) is 5.91 Å². The van der Waals surface area contributed by atoms with E-state index in [1.807, 2.05) is 18.2 Å². The molecule has 5 nitrogen and oxygen atoms in total. The van der Waals surface area contributed by atoms with Crippen LogP contribution >= 0.6 is 35.6 Å². The Bertz CT molecular complexity index is 952. The minimum Gasteiger partial charge on any atom is -0.457 e. The normalized spacial score (nSPS) is 15.4. The number of nitrogens with one attached hydrogen (secondary N) is 1. The van der Waals surface area contributed by atoms with Crippen molar-refractivity contribution in [1.29, 1.82) is 0 Å². The van der Waals surface area contributed by atoms with Gasteiger partial charge in [0.1, 0.15) is 22.4 Å². The summed E-state index contributed by atoms with van der Waals surface area (Å²) in [5.74, 6) is 0.480. The third-order valence-corrected chi connectivity index (χ3v) is 5.37. The number of thiocarbonyl (C=S) groups is 1. The number of nitrogens with zero attached hydrogens (tertiary/aromatic N) is 1. The molecule has 1 aliphatic heterocycles. The molecule has 1 saturated heterocycles. The van der Waals surface area contributed by atoms with Crippen LogP contribution in [0.5, 0.6) is 0 Å². The van der Waals surface area contributed by atoms with E-state index in [-0.39, 0.29) is 18.4 Å². The van der Waals surface area contributed by atoms with Crippen LogP contribution in [-0.4, -0.2) is 34.1 Å². The number of hydrogen-bond donors (Lipinski definition) is 1. The minimum atomic E-state index is -0.325. The fraction of sp³-hybridized carbons (Fsp3) is 0.105. The Hall–Kier alpha value is -2.35. The van der Waals surface area contributed by atoms with Gasteiger partial charge in [-0.15, -0.1) is 6.58 Å². The molecule has 2 amide bonds. The number of amides is 2. The van der Waals surface area contributed by atoms with E-state index in [2.05, 4.69) is 11.9 Å². The molecule has 8 heteroatoms. The fourth-order valence-electron chi connectivity index (χ4n) is 2.39. The highest BCUT2D eigenvalue weighted by Crippen LogP contribution is 2.34. The standard InChI is InChI=1S/C19H15ClN2O3S2/c1-2-9-21-17(23)11-22-18(24)16(27-19(22)26)10-12-7-8-15(25-12)13-5-3-4-6-14(13)20/h2-8,10H,1,9,11H2,(H,21,23)/b16-10-. The second kappa shape index (κ2) is 8.56. The zero-order valence-corrected chi connectivity index (χ0v) is 16.5. The number of carbonyl (C=O) groups is 2. The molecular weight excluding hydrogens is 404 g/mol. The molecule has 1 fully saturated rings. The minimum absolute atomic E-state index is 0.126. The summed E-state index contributed by atoms with van der Waals surface area (Å²) in [7, 11) is 0. The van der Waals surface area contributed by atoms with Gasteiger partial charge in [-0.2, -0.15) is 0 Å². The molecule has 0 aliphatic carbocycles. The average Bonchev–Trinajstić information content (AvgIpc) is 3.21. The van der Waals surface area contributed by atoms with Gasteiger partial charge >= 0.3 is 0 Å². The van der Waals surface area contributed by atoms with E-state index < -0.39 is 0 Å². The van der Waals surface area contributed by atoms with E-state index in [4.69, 9.17) is 28.2 Å². The third kappa shape index (κ3) is 4.50. The van der Waals surface area contributed by atoms with Crippen LogP contribution in [0.25, 0.3) is 17.4 Å². The molecule has 1 aliphatic rings. The Labute approximate surface area is 171 Å². The first kappa shape index (κ1) is 19.4. The lowest BCUT2D eigenvalue weighted by atomic mass is 10.2. The fourth-order valence-corrected chi connectivity index (χ4v) is 3.85. The van der Waals surface area contributed by atoms with E-state index in [1.54, 1.807) is 30.4 Å². The molecule has 0 bridgehead atoms.